The van der Waals surface area contributed by atoms with Gasteiger partial charge in [-0.15, -0.1) is 11.3 Å². The Morgan fingerprint density at radius 1 is 1.44 bits per heavy atom. The molecule has 0 saturated carbocycles. The largest absolute Gasteiger partial charge is 0.313 e. The van der Waals surface area contributed by atoms with Gasteiger partial charge in [0.25, 0.3) is 0 Å². The number of rotatable bonds is 2. The van der Waals surface area contributed by atoms with Gasteiger partial charge in [0.05, 0.1) is 6.07 Å². The highest BCUT2D eigenvalue weighted by Crippen LogP contribution is 2.27. The Morgan fingerprint density at radius 3 is 3.22 bits per heavy atom. The van der Waals surface area contributed by atoms with Crippen molar-refractivity contribution in [3.05, 3.63) is 35.2 Å². The van der Waals surface area contributed by atoms with E-state index in [0.717, 1.165) is 26.2 Å². The van der Waals surface area contributed by atoms with Crippen molar-refractivity contribution in [1.29, 1.82) is 5.26 Å². The first-order valence-electron chi connectivity index (χ1n) is 6.18. The van der Waals surface area contributed by atoms with Crippen LogP contribution in [0.3, 0.4) is 0 Å². The van der Waals surface area contributed by atoms with Crippen LogP contribution in [-0.4, -0.2) is 30.6 Å². The van der Waals surface area contributed by atoms with Crippen LogP contribution in [0, 0.1) is 11.3 Å². The maximum Gasteiger partial charge on any atom is 0.111 e. The van der Waals surface area contributed by atoms with Crippen molar-refractivity contribution < 1.29 is 0 Å². The first-order valence-corrected chi connectivity index (χ1v) is 7.06. The molecule has 18 heavy (non-hydrogen) atoms. The Balaban J connectivity index is 1.85. The van der Waals surface area contributed by atoms with E-state index in [2.05, 4.69) is 45.9 Å². The highest BCUT2D eigenvalue weighted by atomic mass is 32.1. The number of thiophene rings is 1. The van der Waals surface area contributed by atoms with Gasteiger partial charge in [-0.2, -0.15) is 5.26 Å². The van der Waals surface area contributed by atoms with E-state index in [0.29, 0.717) is 0 Å². The van der Waals surface area contributed by atoms with E-state index in [9.17, 15) is 5.26 Å². The summed E-state index contributed by atoms with van der Waals surface area (Å²) in [7, 11) is 0. The SMILES string of the molecule is N#CC1CNCCN1Cc1csc2ccccc12. The lowest BCUT2D eigenvalue weighted by Crippen LogP contribution is -2.49. The summed E-state index contributed by atoms with van der Waals surface area (Å²) in [4.78, 5) is 2.27. The second-order valence-electron chi connectivity index (χ2n) is 4.58. The standard InChI is InChI=1S/C14H15N3S/c15-7-12-8-16-5-6-17(12)9-11-10-18-14-4-2-1-3-13(11)14/h1-4,10,12,16H,5-6,8-9H2. The van der Waals surface area contributed by atoms with Crippen LogP contribution in [-0.2, 0) is 6.54 Å². The minimum absolute atomic E-state index is 0.00240. The van der Waals surface area contributed by atoms with Gasteiger partial charge in [0, 0.05) is 30.9 Å². The lowest BCUT2D eigenvalue weighted by Gasteiger charge is -2.31. The highest BCUT2D eigenvalue weighted by Gasteiger charge is 2.22. The Labute approximate surface area is 111 Å². The van der Waals surface area contributed by atoms with E-state index in [4.69, 9.17) is 0 Å². The smallest absolute Gasteiger partial charge is 0.111 e. The van der Waals surface area contributed by atoms with Crippen molar-refractivity contribution in [2.75, 3.05) is 19.6 Å². The molecule has 3 nitrogen and oxygen atoms in total. The Kier molecular flexibility index (Phi) is 3.28. The number of fused-ring (bicyclic) bond motifs is 1. The van der Waals surface area contributed by atoms with Gasteiger partial charge in [-0.05, 0) is 22.4 Å². The van der Waals surface area contributed by atoms with Crippen molar-refractivity contribution in [2.24, 2.45) is 0 Å². The number of hydrogen-bond acceptors (Lipinski definition) is 4. The first kappa shape index (κ1) is 11.7. The van der Waals surface area contributed by atoms with E-state index in [-0.39, 0.29) is 6.04 Å². The molecule has 0 radical (unpaired) electrons. The summed E-state index contributed by atoms with van der Waals surface area (Å²) < 4.78 is 1.33. The summed E-state index contributed by atoms with van der Waals surface area (Å²) in [5.41, 5.74) is 1.35. The molecule has 1 unspecified atom stereocenters. The van der Waals surface area contributed by atoms with Gasteiger partial charge in [-0.1, -0.05) is 18.2 Å². The van der Waals surface area contributed by atoms with Gasteiger partial charge >= 0.3 is 0 Å². The molecule has 1 aliphatic heterocycles. The van der Waals surface area contributed by atoms with E-state index < -0.39 is 0 Å². The molecule has 1 aliphatic rings. The molecule has 4 heteroatoms. The number of piperazine rings is 1. The molecule has 1 atom stereocenters. The van der Waals surface area contributed by atoms with Gasteiger partial charge in [0.2, 0.25) is 0 Å². The summed E-state index contributed by atoms with van der Waals surface area (Å²) >= 11 is 1.79. The summed E-state index contributed by atoms with van der Waals surface area (Å²) in [5, 5.41) is 16.0. The highest BCUT2D eigenvalue weighted by molar-refractivity contribution is 7.17. The normalized spacial score (nSPS) is 20.9. The fourth-order valence-electron chi connectivity index (χ4n) is 2.44. The third-order valence-electron chi connectivity index (χ3n) is 3.44. The van der Waals surface area contributed by atoms with Crippen LogP contribution in [0.4, 0.5) is 0 Å². The van der Waals surface area contributed by atoms with Crippen molar-refractivity contribution >= 4 is 21.4 Å². The Morgan fingerprint density at radius 2 is 2.33 bits per heavy atom. The lowest BCUT2D eigenvalue weighted by atomic mass is 10.1. The molecule has 2 heterocycles. The fourth-order valence-corrected chi connectivity index (χ4v) is 3.39. The summed E-state index contributed by atoms with van der Waals surface area (Å²) in [6, 6.07) is 10.9. The van der Waals surface area contributed by atoms with E-state index in [1.807, 2.05) is 0 Å². The van der Waals surface area contributed by atoms with E-state index in [1.165, 1.54) is 15.6 Å². The van der Waals surface area contributed by atoms with Gasteiger partial charge < -0.3 is 5.32 Å². The average Bonchev–Trinajstić information content (AvgIpc) is 2.83. The second-order valence-corrected chi connectivity index (χ2v) is 5.49. The molecule has 92 valence electrons. The number of nitriles is 1. The fraction of sp³-hybridized carbons (Fsp3) is 0.357. The zero-order chi connectivity index (χ0) is 12.4. The minimum atomic E-state index is -0.00240. The monoisotopic (exact) mass is 257 g/mol. The topological polar surface area (TPSA) is 39.1 Å². The number of nitrogens with zero attached hydrogens (tertiary/aromatic N) is 2. The maximum absolute atomic E-state index is 9.17. The van der Waals surface area contributed by atoms with Crippen LogP contribution >= 0.6 is 11.3 Å². The predicted molar refractivity (Wildman–Crippen MR) is 74.5 cm³/mol. The van der Waals surface area contributed by atoms with Gasteiger partial charge in [0.15, 0.2) is 0 Å². The predicted octanol–water partition coefficient (Wildman–Crippen LogP) is 2.20. The molecule has 0 spiro atoms. The number of hydrogen-bond donors (Lipinski definition) is 1. The van der Waals surface area contributed by atoms with Crippen LogP contribution in [0.25, 0.3) is 10.1 Å². The summed E-state index contributed by atoms with van der Waals surface area (Å²) in [5.74, 6) is 0. The molecule has 1 fully saturated rings. The maximum atomic E-state index is 9.17. The molecular weight excluding hydrogens is 242 g/mol. The van der Waals surface area contributed by atoms with Crippen molar-refractivity contribution in [3.8, 4) is 6.07 Å². The second kappa shape index (κ2) is 5.07. The van der Waals surface area contributed by atoms with Crippen molar-refractivity contribution in [1.82, 2.24) is 10.2 Å². The van der Waals surface area contributed by atoms with E-state index in [1.54, 1.807) is 11.3 Å². The van der Waals surface area contributed by atoms with Crippen molar-refractivity contribution in [2.45, 2.75) is 12.6 Å². The molecule has 1 aromatic carbocycles. The number of benzene rings is 1. The molecule has 1 N–H and O–H groups in total. The molecule has 0 amide bonds. The Bertz CT molecular complexity index is 584. The average molecular weight is 257 g/mol. The van der Waals surface area contributed by atoms with Gasteiger partial charge in [-0.3, -0.25) is 4.90 Å². The van der Waals surface area contributed by atoms with Crippen LogP contribution in [0.1, 0.15) is 5.56 Å². The molecule has 1 saturated heterocycles. The van der Waals surface area contributed by atoms with E-state index >= 15 is 0 Å². The van der Waals surface area contributed by atoms with Gasteiger partial charge in [0.1, 0.15) is 6.04 Å². The third-order valence-corrected chi connectivity index (χ3v) is 4.45. The summed E-state index contributed by atoms with van der Waals surface area (Å²) in [6.07, 6.45) is 0. The van der Waals surface area contributed by atoms with Crippen LogP contribution in [0.15, 0.2) is 29.6 Å². The minimum Gasteiger partial charge on any atom is -0.313 e. The first-order chi connectivity index (χ1) is 8.88. The quantitative estimate of drug-likeness (QED) is 0.896. The van der Waals surface area contributed by atoms with Crippen molar-refractivity contribution in [3.63, 3.8) is 0 Å². The molecule has 1 aromatic heterocycles. The molecule has 3 rings (SSSR count). The molecule has 0 bridgehead atoms. The van der Waals surface area contributed by atoms with Crippen LogP contribution in [0.2, 0.25) is 0 Å². The lowest BCUT2D eigenvalue weighted by molar-refractivity contribution is 0.190. The third kappa shape index (κ3) is 2.13. The summed E-state index contributed by atoms with van der Waals surface area (Å²) in [6.45, 7) is 3.57. The Hall–Kier alpha value is -1.41. The zero-order valence-electron chi connectivity index (χ0n) is 10.1. The van der Waals surface area contributed by atoms with Crippen LogP contribution < -0.4 is 5.32 Å². The van der Waals surface area contributed by atoms with Crippen LogP contribution in [0.5, 0.6) is 0 Å². The zero-order valence-corrected chi connectivity index (χ0v) is 10.9. The number of nitrogens with one attached hydrogen (secondary N) is 1. The molecule has 0 aliphatic carbocycles. The van der Waals surface area contributed by atoms with Gasteiger partial charge in [-0.25, -0.2) is 0 Å². The molecule has 2 aromatic rings. The molecular formula is C14H15N3S.